The Morgan fingerprint density at radius 1 is 0.978 bits per heavy atom. The van der Waals surface area contributed by atoms with Crippen molar-refractivity contribution >= 4 is 41.1 Å². The fraction of sp³-hybridized carbons (Fsp3) is 0.481. The van der Waals surface area contributed by atoms with Crippen molar-refractivity contribution in [2.24, 2.45) is 0 Å². The van der Waals surface area contributed by atoms with Crippen molar-refractivity contribution < 1.29 is 50.7 Å². The molecule has 1 rings (SSSR count). The first-order valence-electron chi connectivity index (χ1n) is 13.2. The quantitative estimate of drug-likeness (QED) is 0.0576. The Kier molecular flexibility index (Phi) is 15.0. The van der Waals surface area contributed by atoms with E-state index in [1.165, 1.54) is 0 Å². The normalized spacial score (nSPS) is 12.5. The number of aromatic nitrogens is 1. The fourth-order valence-electron chi connectivity index (χ4n) is 3.46. The third-order valence-corrected chi connectivity index (χ3v) is 7.76. The van der Waals surface area contributed by atoms with E-state index in [4.69, 9.17) is 28.3 Å². The van der Waals surface area contributed by atoms with E-state index >= 15 is 0 Å². The van der Waals surface area contributed by atoms with Crippen molar-refractivity contribution in [2.45, 2.75) is 5.03 Å². The smallest absolute Gasteiger partial charge is 0.307 e. The number of hydrogen-bond acceptors (Lipinski definition) is 12. The summed E-state index contributed by atoms with van der Waals surface area (Å²) in [7, 11) is -3.27. The number of likely N-dealkylation sites (N-methyl/N-ethyl adjacent to an activating group) is 1. The number of carbonyl (C=O) groups excluding carboxylic acids is 3. The van der Waals surface area contributed by atoms with Gasteiger partial charge >= 0.3 is 5.69 Å². The van der Waals surface area contributed by atoms with Gasteiger partial charge < -0.3 is 33.1 Å². The van der Waals surface area contributed by atoms with E-state index in [9.17, 15) is 42.4 Å². The highest BCUT2D eigenvalue weighted by molar-refractivity contribution is 7.90. The van der Waals surface area contributed by atoms with E-state index in [0.717, 1.165) is 20.9 Å². The van der Waals surface area contributed by atoms with Crippen molar-refractivity contribution in [1.29, 1.82) is 0 Å². The minimum atomic E-state index is -4.68. The first-order chi connectivity index (χ1) is 21.3. The molecule has 0 fully saturated rings. The minimum Gasteiger partial charge on any atom is -0.756 e. The van der Waals surface area contributed by atoms with Crippen LogP contribution in [0, 0.1) is 47.1 Å². The van der Waals surface area contributed by atoms with Gasteiger partial charge in [0.2, 0.25) is 16.8 Å². The van der Waals surface area contributed by atoms with Crippen molar-refractivity contribution in [3.63, 3.8) is 0 Å². The zero-order valence-corrected chi connectivity index (χ0v) is 27.5. The van der Waals surface area contributed by atoms with Crippen LogP contribution in [0.5, 0.6) is 0 Å². The number of hydrogen-bond donors (Lipinski definition) is 0. The molecule has 3 amide bonds. The van der Waals surface area contributed by atoms with Crippen LogP contribution < -0.4 is 4.89 Å². The number of nitro groups is 1. The second-order valence-corrected chi connectivity index (χ2v) is 13.9. The highest BCUT2D eigenvalue weighted by Crippen LogP contribution is 2.37. The third-order valence-electron chi connectivity index (χ3n) is 5.74. The molecule has 0 spiro atoms. The molecule has 0 N–H and O–H groups in total. The SMILES string of the molecule is C#CCN(CCOP(=O)([O-])OCC[N+](C)(C)C)C(=O)CN(CC#C)C(=O)CN(CC#C)C(=O)c1cnc(S(C)(=O)=O)c([N+](=O)[O-])c1. The maximum absolute atomic E-state index is 13.2. The molecule has 1 aromatic rings. The Morgan fingerprint density at radius 3 is 2.00 bits per heavy atom. The van der Waals surface area contributed by atoms with Gasteiger partial charge in [-0.25, -0.2) is 13.4 Å². The lowest BCUT2D eigenvalue weighted by Gasteiger charge is -2.29. The van der Waals surface area contributed by atoms with Crippen LogP contribution in [-0.4, -0.2) is 142 Å². The van der Waals surface area contributed by atoms with Gasteiger partial charge in [0.1, 0.15) is 26.2 Å². The van der Waals surface area contributed by atoms with Crippen LogP contribution in [0.4, 0.5) is 5.69 Å². The average Bonchev–Trinajstić information content (AvgIpc) is 2.94. The lowest BCUT2D eigenvalue weighted by Crippen LogP contribution is -2.48. The van der Waals surface area contributed by atoms with Gasteiger partial charge in [-0.2, -0.15) is 0 Å². The van der Waals surface area contributed by atoms with E-state index in [2.05, 4.69) is 22.7 Å². The van der Waals surface area contributed by atoms with Crippen molar-refractivity contribution in [1.82, 2.24) is 19.7 Å². The summed E-state index contributed by atoms with van der Waals surface area (Å²) in [6.45, 7) is -3.02. The van der Waals surface area contributed by atoms with E-state index in [1.54, 1.807) is 0 Å². The van der Waals surface area contributed by atoms with Crippen molar-refractivity contribution in [3.05, 3.63) is 27.9 Å². The molecule has 1 aromatic heterocycles. The van der Waals surface area contributed by atoms with Crippen LogP contribution in [0.1, 0.15) is 10.4 Å². The number of amides is 3. The van der Waals surface area contributed by atoms with Gasteiger partial charge in [0.25, 0.3) is 13.7 Å². The summed E-state index contributed by atoms with van der Waals surface area (Å²) in [5, 5.41) is 10.6. The number of terminal acetylenes is 3. The number of phosphoric ester groups is 1. The molecule has 0 aliphatic carbocycles. The molecule has 19 heteroatoms. The highest BCUT2D eigenvalue weighted by atomic mass is 32.2. The Morgan fingerprint density at radius 2 is 1.48 bits per heavy atom. The molecular weight excluding hydrogens is 647 g/mol. The van der Waals surface area contributed by atoms with Crippen molar-refractivity contribution in [2.75, 3.05) is 86.4 Å². The topological polar surface area (TPSA) is 210 Å². The van der Waals surface area contributed by atoms with Gasteiger partial charge in [0.15, 0.2) is 9.84 Å². The lowest BCUT2D eigenvalue weighted by atomic mass is 10.2. The molecule has 0 radical (unpaired) electrons. The molecule has 0 aliphatic rings. The summed E-state index contributed by atoms with van der Waals surface area (Å²) >= 11 is 0. The molecule has 17 nitrogen and oxygen atoms in total. The van der Waals surface area contributed by atoms with Gasteiger partial charge in [-0.3, -0.25) is 29.1 Å². The summed E-state index contributed by atoms with van der Waals surface area (Å²) in [5.41, 5.74) is -1.39. The molecule has 1 heterocycles. The molecular formula is C27H35N6O11PS. The van der Waals surface area contributed by atoms with Crippen LogP contribution >= 0.6 is 7.82 Å². The lowest BCUT2D eigenvalue weighted by molar-refractivity contribution is -0.870. The largest absolute Gasteiger partial charge is 0.756 e. The van der Waals surface area contributed by atoms with Gasteiger partial charge in [-0.05, 0) is 0 Å². The molecule has 0 saturated heterocycles. The number of nitrogens with zero attached hydrogens (tertiary/aromatic N) is 6. The summed E-state index contributed by atoms with van der Waals surface area (Å²) in [4.78, 5) is 68.1. The van der Waals surface area contributed by atoms with E-state index in [-0.39, 0.29) is 19.7 Å². The number of phosphoric acid groups is 1. The number of sulfone groups is 1. The van der Waals surface area contributed by atoms with Gasteiger partial charge in [0, 0.05) is 25.1 Å². The number of carbonyl (C=O) groups is 3. The molecule has 0 bridgehead atoms. The second kappa shape index (κ2) is 17.4. The van der Waals surface area contributed by atoms with Crippen LogP contribution in [0.25, 0.3) is 0 Å². The predicted molar refractivity (Wildman–Crippen MR) is 162 cm³/mol. The van der Waals surface area contributed by atoms with E-state index in [1.807, 2.05) is 21.1 Å². The predicted octanol–water partition coefficient (Wildman–Crippen LogP) is -1.40. The highest BCUT2D eigenvalue weighted by Gasteiger charge is 2.29. The van der Waals surface area contributed by atoms with Crippen molar-refractivity contribution in [3.8, 4) is 37.0 Å². The molecule has 0 aliphatic heterocycles. The Hall–Kier alpha value is -4.34. The summed E-state index contributed by atoms with van der Waals surface area (Å²) in [5.74, 6) is 4.05. The third kappa shape index (κ3) is 13.3. The average molecular weight is 683 g/mol. The first-order valence-corrected chi connectivity index (χ1v) is 16.5. The Labute approximate surface area is 267 Å². The van der Waals surface area contributed by atoms with Gasteiger partial charge in [-0.15, -0.1) is 19.3 Å². The van der Waals surface area contributed by atoms with Crippen LogP contribution in [0.3, 0.4) is 0 Å². The maximum atomic E-state index is 13.2. The molecule has 250 valence electrons. The minimum absolute atomic E-state index is 0.126. The molecule has 46 heavy (non-hydrogen) atoms. The molecule has 1 atom stereocenters. The van der Waals surface area contributed by atoms with Crippen LogP contribution in [0.15, 0.2) is 17.3 Å². The summed E-state index contributed by atoms with van der Waals surface area (Å²) < 4.78 is 45.9. The monoisotopic (exact) mass is 682 g/mol. The fourth-order valence-corrected chi connectivity index (χ4v) is 4.91. The second-order valence-electron chi connectivity index (χ2n) is 10.5. The van der Waals surface area contributed by atoms with E-state index in [0.29, 0.717) is 23.3 Å². The van der Waals surface area contributed by atoms with Crippen LogP contribution in [0.2, 0.25) is 0 Å². The van der Waals surface area contributed by atoms with Crippen LogP contribution in [-0.2, 0) is 33.0 Å². The van der Waals surface area contributed by atoms with Gasteiger partial charge in [-0.1, -0.05) is 17.8 Å². The number of pyridine rings is 1. The first kappa shape index (κ1) is 39.7. The summed E-state index contributed by atoms with van der Waals surface area (Å²) in [6.07, 6.45) is 17.6. The Balaban J connectivity index is 3.05. The van der Waals surface area contributed by atoms with E-state index < -0.39 is 89.4 Å². The molecule has 0 aromatic carbocycles. The zero-order chi connectivity index (χ0) is 35.3. The molecule has 1 unspecified atom stereocenters. The van der Waals surface area contributed by atoms with Gasteiger partial charge in [0.05, 0.1) is 57.9 Å². The standard InChI is InChI=1S/C27H35N6O11PS/c1-8-11-29(14-16-43-45(39,40)44-17-15-33(4,5)6)24(34)20-30(12-9-2)25(35)21-31(13-10-3)27(36)22-18-23(32(37)38)26(28-19-22)46(7,41)42/h1-3,18-19H,11-17,20-21H2,4-7H3. The number of quaternary nitrogens is 1. The number of rotatable bonds is 18. The molecule has 0 saturated carbocycles. The zero-order valence-electron chi connectivity index (χ0n) is 25.8. The Bertz CT molecular complexity index is 1590. The summed E-state index contributed by atoms with van der Waals surface area (Å²) in [6, 6.07) is 0.692. The maximum Gasteiger partial charge on any atom is 0.307 e.